The average Bonchev–Trinajstić information content (AvgIpc) is 3.34. The molecule has 1 saturated heterocycles. The Labute approximate surface area is 179 Å². The van der Waals surface area contributed by atoms with Gasteiger partial charge in [0.1, 0.15) is 0 Å². The second-order valence-corrected chi connectivity index (χ2v) is 9.78. The zero-order valence-corrected chi connectivity index (χ0v) is 17.6. The van der Waals surface area contributed by atoms with Crippen LogP contribution in [0.2, 0.25) is 0 Å². The van der Waals surface area contributed by atoms with Gasteiger partial charge in [-0.1, -0.05) is 71.6 Å². The highest BCUT2D eigenvalue weighted by Gasteiger charge is 2.28. The molecule has 1 fully saturated rings. The van der Waals surface area contributed by atoms with Crippen molar-refractivity contribution in [3.05, 3.63) is 89.5 Å². The van der Waals surface area contributed by atoms with Crippen LogP contribution in [0.5, 0.6) is 0 Å². The number of nitrogens with one attached hydrogen (secondary N) is 2. The summed E-state index contributed by atoms with van der Waals surface area (Å²) in [6.07, 6.45) is 2.21. The van der Waals surface area contributed by atoms with Gasteiger partial charge >= 0.3 is 0 Å². The van der Waals surface area contributed by atoms with E-state index in [1.165, 1.54) is 16.7 Å². The van der Waals surface area contributed by atoms with Crippen LogP contribution in [-0.4, -0.2) is 28.2 Å². The first-order chi connectivity index (χ1) is 14.6. The fraction of sp³-hybridized carbons (Fsp3) is 0.250. The molecule has 1 aliphatic heterocycles. The van der Waals surface area contributed by atoms with Gasteiger partial charge in [-0.3, -0.25) is 13.4 Å². The summed E-state index contributed by atoms with van der Waals surface area (Å²) in [6.45, 7) is 2.01. The van der Waals surface area contributed by atoms with Crippen molar-refractivity contribution < 1.29 is 9.11 Å². The fourth-order valence-electron chi connectivity index (χ4n) is 4.39. The first kappa shape index (κ1) is 19.6. The molecular formula is C24H27N3O2S. The molecule has 4 N–H and O–H groups in total. The van der Waals surface area contributed by atoms with E-state index >= 15 is 0 Å². The van der Waals surface area contributed by atoms with E-state index in [0.717, 1.165) is 36.2 Å². The van der Waals surface area contributed by atoms with Gasteiger partial charge in [-0.25, -0.2) is 0 Å². The number of hydrogen-bond acceptors (Lipinski definition) is 5. The molecule has 0 spiro atoms. The monoisotopic (exact) mass is 421 g/mol. The molecular weight excluding hydrogens is 394 g/mol. The SMILES string of the molecule is OS1(O)NCCN1c1cccc(-c2ccc(CNC3Cc4ccccc4C3)cc2)c1. The lowest BCUT2D eigenvalue weighted by Gasteiger charge is -2.37. The molecule has 3 aromatic rings. The van der Waals surface area contributed by atoms with Crippen LogP contribution >= 0.6 is 11.0 Å². The highest BCUT2D eigenvalue weighted by molar-refractivity contribution is 8.24. The number of hydrogen-bond donors (Lipinski definition) is 4. The van der Waals surface area contributed by atoms with E-state index in [1.807, 2.05) is 18.2 Å². The fourth-order valence-corrected chi connectivity index (χ4v) is 5.66. The van der Waals surface area contributed by atoms with E-state index < -0.39 is 11.0 Å². The van der Waals surface area contributed by atoms with Crippen molar-refractivity contribution in [3.8, 4) is 11.1 Å². The topological polar surface area (TPSA) is 67.8 Å². The summed E-state index contributed by atoms with van der Waals surface area (Å²) in [5.74, 6) is 0. The van der Waals surface area contributed by atoms with Crippen LogP contribution in [0.3, 0.4) is 0 Å². The summed E-state index contributed by atoms with van der Waals surface area (Å²) in [5.41, 5.74) is 7.22. The van der Waals surface area contributed by atoms with Gasteiger partial charge in [-0.05, 0) is 52.8 Å². The van der Waals surface area contributed by atoms with Gasteiger partial charge in [0.2, 0.25) is 0 Å². The van der Waals surface area contributed by atoms with Gasteiger partial charge in [0.15, 0.2) is 0 Å². The number of benzene rings is 3. The molecule has 0 atom stereocenters. The third-order valence-electron chi connectivity index (χ3n) is 5.99. The Bertz CT molecular complexity index is 1010. The molecule has 3 aromatic carbocycles. The molecule has 0 saturated carbocycles. The molecule has 0 aromatic heterocycles. The second kappa shape index (κ2) is 8.06. The van der Waals surface area contributed by atoms with Gasteiger partial charge in [-0.15, -0.1) is 0 Å². The summed E-state index contributed by atoms with van der Waals surface area (Å²) in [6, 6.07) is 25.8. The minimum atomic E-state index is -2.91. The first-order valence-corrected chi connectivity index (χ1v) is 11.9. The van der Waals surface area contributed by atoms with Crippen LogP contribution < -0.4 is 14.3 Å². The highest BCUT2D eigenvalue weighted by atomic mass is 32.3. The Morgan fingerprint density at radius 1 is 0.900 bits per heavy atom. The highest BCUT2D eigenvalue weighted by Crippen LogP contribution is 2.45. The summed E-state index contributed by atoms with van der Waals surface area (Å²) in [4.78, 5) is 0. The van der Waals surface area contributed by atoms with E-state index in [4.69, 9.17) is 0 Å². The van der Waals surface area contributed by atoms with Gasteiger partial charge in [0.05, 0.1) is 12.2 Å². The zero-order valence-electron chi connectivity index (χ0n) is 16.8. The summed E-state index contributed by atoms with van der Waals surface area (Å²) in [7, 11) is -2.91. The summed E-state index contributed by atoms with van der Waals surface area (Å²) in [5, 5.41) is 3.69. The third-order valence-corrected chi connectivity index (χ3v) is 7.58. The molecule has 0 unspecified atom stereocenters. The molecule has 5 rings (SSSR count). The molecule has 5 nitrogen and oxygen atoms in total. The number of fused-ring (bicyclic) bond motifs is 1. The van der Waals surface area contributed by atoms with Crippen molar-refractivity contribution >= 4 is 16.6 Å². The normalized spacial score (nSPS) is 19.1. The Morgan fingerprint density at radius 3 is 2.30 bits per heavy atom. The number of rotatable bonds is 5. The standard InChI is InChI=1S/C24H27N3O2S/c28-30(29)26-12-13-27(30)24-7-3-6-22(16-24)19-10-8-18(9-11-19)17-25-23-14-20-4-1-2-5-21(20)15-23/h1-11,16,23,25-26,28-29H,12-15,17H2. The van der Waals surface area contributed by atoms with Crippen LogP contribution in [0.1, 0.15) is 16.7 Å². The maximum atomic E-state index is 10.2. The Kier molecular flexibility index (Phi) is 5.26. The van der Waals surface area contributed by atoms with Crippen molar-refractivity contribution in [1.82, 2.24) is 10.0 Å². The lowest BCUT2D eigenvalue weighted by atomic mass is 10.0. The van der Waals surface area contributed by atoms with E-state index in [1.54, 1.807) is 4.31 Å². The van der Waals surface area contributed by atoms with Crippen molar-refractivity contribution in [2.24, 2.45) is 0 Å². The van der Waals surface area contributed by atoms with Gasteiger partial charge in [-0.2, -0.15) is 4.72 Å². The molecule has 156 valence electrons. The first-order valence-electron chi connectivity index (χ1n) is 10.4. The van der Waals surface area contributed by atoms with Crippen molar-refractivity contribution in [3.63, 3.8) is 0 Å². The van der Waals surface area contributed by atoms with E-state index in [9.17, 15) is 9.11 Å². The van der Waals surface area contributed by atoms with Crippen LogP contribution in [0.15, 0.2) is 72.8 Å². The van der Waals surface area contributed by atoms with Crippen LogP contribution in [-0.2, 0) is 19.4 Å². The van der Waals surface area contributed by atoms with Gasteiger partial charge < -0.3 is 5.32 Å². The van der Waals surface area contributed by atoms with E-state index in [0.29, 0.717) is 19.1 Å². The molecule has 0 amide bonds. The van der Waals surface area contributed by atoms with Crippen LogP contribution in [0.4, 0.5) is 5.69 Å². The molecule has 30 heavy (non-hydrogen) atoms. The van der Waals surface area contributed by atoms with Crippen LogP contribution in [0.25, 0.3) is 11.1 Å². The molecule has 2 aliphatic rings. The Morgan fingerprint density at radius 2 is 1.63 bits per heavy atom. The lowest BCUT2D eigenvalue weighted by Crippen LogP contribution is -2.28. The third kappa shape index (κ3) is 3.97. The number of anilines is 1. The second-order valence-electron chi connectivity index (χ2n) is 8.02. The molecule has 1 aliphatic carbocycles. The maximum Gasteiger partial charge on any atom is 0.0589 e. The predicted molar refractivity (Wildman–Crippen MR) is 125 cm³/mol. The summed E-state index contributed by atoms with van der Waals surface area (Å²) < 4.78 is 24.7. The largest absolute Gasteiger partial charge is 0.309 e. The van der Waals surface area contributed by atoms with Crippen LogP contribution in [0, 0.1) is 0 Å². The quantitative estimate of drug-likeness (QED) is 0.485. The summed E-state index contributed by atoms with van der Waals surface area (Å²) >= 11 is 0. The smallest absolute Gasteiger partial charge is 0.0589 e. The number of nitrogens with zero attached hydrogens (tertiary/aromatic N) is 1. The molecule has 1 heterocycles. The lowest BCUT2D eigenvalue weighted by molar-refractivity contribution is 0.480. The van der Waals surface area contributed by atoms with E-state index in [-0.39, 0.29) is 0 Å². The predicted octanol–water partition coefficient (Wildman–Crippen LogP) is 4.60. The maximum absolute atomic E-state index is 10.2. The van der Waals surface area contributed by atoms with Crippen molar-refractivity contribution in [1.29, 1.82) is 0 Å². The molecule has 0 bridgehead atoms. The van der Waals surface area contributed by atoms with Crippen molar-refractivity contribution in [2.75, 3.05) is 17.4 Å². The Hall–Kier alpha value is -2.35. The molecule has 0 radical (unpaired) electrons. The van der Waals surface area contributed by atoms with Crippen molar-refractivity contribution in [2.45, 2.75) is 25.4 Å². The Balaban J connectivity index is 1.24. The van der Waals surface area contributed by atoms with Gasteiger partial charge in [0, 0.05) is 19.1 Å². The van der Waals surface area contributed by atoms with Gasteiger partial charge in [0.25, 0.3) is 0 Å². The van der Waals surface area contributed by atoms with E-state index in [2.05, 4.69) is 64.6 Å². The average molecular weight is 422 g/mol. The zero-order chi connectivity index (χ0) is 20.6. The minimum Gasteiger partial charge on any atom is -0.309 e. The minimum absolute atomic E-state index is 0.507. The molecule has 6 heteroatoms.